The average Bonchev–Trinajstić information content (AvgIpc) is 2.38. The molecular weight excluding hydrogens is 238 g/mol. The average molecular weight is 267 g/mol. The molecule has 2 rings (SSSR count). The summed E-state index contributed by atoms with van der Waals surface area (Å²) in [4.78, 5) is 14.0. The van der Waals surface area contributed by atoms with Gasteiger partial charge >= 0.3 is 5.97 Å². The summed E-state index contributed by atoms with van der Waals surface area (Å²) in [5, 5.41) is 9.46. The Morgan fingerprint density at radius 2 is 1.95 bits per heavy atom. The van der Waals surface area contributed by atoms with Crippen LogP contribution in [0.4, 0.5) is 0 Å². The number of likely N-dealkylation sites (tertiary alicyclic amines) is 1. The maximum absolute atomic E-state index is 11.5. The summed E-state index contributed by atoms with van der Waals surface area (Å²) in [6.07, 6.45) is 7.11. The molecule has 1 saturated heterocycles. The Hall–Kier alpha value is -0.570. The van der Waals surface area contributed by atoms with Crippen molar-refractivity contribution in [2.24, 2.45) is 17.3 Å². The van der Waals surface area contributed by atoms with E-state index < -0.39 is 11.4 Å². The third kappa shape index (κ3) is 3.13. The Kier molecular flexibility index (Phi) is 4.54. The molecule has 0 aromatic carbocycles. The molecule has 110 valence electrons. The molecule has 2 aliphatic rings. The SMILES string of the molecule is CC(C)C1CCCCC1N1CCCC(C)(C(=O)O)C1. The summed E-state index contributed by atoms with van der Waals surface area (Å²) in [5.74, 6) is 0.849. The molecule has 1 N–H and O–H groups in total. The Labute approximate surface area is 117 Å². The van der Waals surface area contributed by atoms with E-state index >= 15 is 0 Å². The van der Waals surface area contributed by atoms with Crippen LogP contribution in [-0.2, 0) is 4.79 Å². The minimum atomic E-state index is -0.617. The van der Waals surface area contributed by atoms with Gasteiger partial charge in [0.15, 0.2) is 0 Å². The van der Waals surface area contributed by atoms with Crippen LogP contribution in [0.15, 0.2) is 0 Å². The van der Waals surface area contributed by atoms with Crippen LogP contribution in [0.1, 0.15) is 59.3 Å². The quantitative estimate of drug-likeness (QED) is 0.852. The maximum Gasteiger partial charge on any atom is 0.310 e. The fraction of sp³-hybridized carbons (Fsp3) is 0.938. The molecule has 3 unspecified atom stereocenters. The Morgan fingerprint density at radius 1 is 1.26 bits per heavy atom. The van der Waals surface area contributed by atoms with Gasteiger partial charge in [0.1, 0.15) is 0 Å². The summed E-state index contributed by atoms with van der Waals surface area (Å²) in [6, 6.07) is 0.618. The van der Waals surface area contributed by atoms with E-state index in [0.29, 0.717) is 12.0 Å². The van der Waals surface area contributed by atoms with Crippen LogP contribution in [0.3, 0.4) is 0 Å². The van der Waals surface area contributed by atoms with Crippen molar-refractivity contribution in [2.45, 2.75) is 65.3 Å². The zero-order valence-electron chi connectivity index (χ0n) is 12.7. The molecule has 1 aliphatic carbocycles. The lowest BCUT2D eigenvalue weighted by molar-refractivity contribution is -0.152. The van der Waals surface area contributed by atoms with E-state index in [1.54, 1.807) is 0 Å². The highest BCUT2D eigenvalue weighted by Gasteiger charge is 2.42. The number of carbonyl (C=O) groups is 1. The lowest BCUT2D eigenvalue weighted by atomic mass is 9.74. The van der Waals surface area contributed by atoms with Crippen LogP contribution < -0.4 is 0 Å². The molecule has 19 heavy (non-hydrogen) atoms. The smallest absolute Gasteiger partial charge is 0.310 e. The maximum atomic E-state index is 11.5. The van der Waals surface area contributed by atoms with Crippen molar-refractivity contribution in [2.75, 3.05) is 13.1 Å². The van der Waals surface area contributed by atoms with Gasteiger partial charge in [0, 0.05) is 12.6 Å². The molecule has 0 radical (unpaired) electrons. The first-order valence-electron chi connectivity index (χ1n) is 7.91. The molecule has 1 heterocycles. The molecule has 3 atom stereocenters. The molecule has 3 nitrogen and oxygen atoms in total. The van der Waals surface area contributed by atoms with Gasteiger partial charge in [0.05, 0.1) is 5.41 Å². The Morgan fingerprint density at radius 3 is 2.58 bits per heavy atom. The second-order valence-corrected chi connectivity index (χ2v) is 7.20. The lowest BCUT2D eigenvalue weighted by Gasteiger charge is -2.47. The van der Waals surface area contributed by atoms with Crippen LogP contribution in [0.2, 0.25) is 0 Å². The highest BCUT2D eigenvalue weighted by Crippen LogP contribution is 2.38. The number of aliphatic carboxylic acids is 1. The van der Waals surface area contributed by atoms with Crippen molar-refractivity contribution in [1.82, 2.24) is 4.90 Å². The van der Waals surface area contributed by atoms with E-state index in [0.717, 1.165) is 31.8 Å². The molecule has 0 spiro atoms. The molecule has 1 saturated carbocycles. The minimum Gasteiger partial charge on any atom is -0.481 e. The van der Waals surface area contributed by atoms with Crippen molar-refractivity contribution in [3.05, 3.63) is 0 Å². The standard InChI is InChI=1S/C16H29NO2/c1-12(2)13-7-4-5-8-14(13)17-10-6-9-16(3,11-17)15(18)19/h12-14H,4-11H2,1-3H3,(H,18,19). The van der Waals surface area contributed by atoms with E-state index in [1.807, 2.05) is 6.92 Å². The number of carboxylic acid groups (broad SMARTS) is 1. The van der Waals surface area contributed by atoms with Gasteiger partial charge in [-0.3, -0.25) is 9.69 Å². The minimum absolute atomic E-state index is 0.531. The van der Waals surface area contributed by atoms with Crippen LogP contribution in [0.25, 0.3) is 0 Å². The zero-order valence-corrected chi connectivity index (χ0v) is 12.7. The first-order chi connectivity index (χ1) is 8.94. The number of nitrogens with zero attached hydrogens (tertiary/aromatic N) is 1. The predicted octanol–water partition coefficient (Wildman–Crippen LogP) is 3.39. The van der Waals surface area contributed by atoms with Gasteiger partial charge in [0.25, 0.3) is 0 Å². The van der Waals surface area contributed by atoms with Gasteiger partial charge in [-0.2, -0.15) is 0 Å². The third-order valence-corrected chi connectivity index (χ3v) is 5.35. The van der Waals surface area contributed by atoms with Crippen molar-refractivity contribution in [3.63, 3.8) is 0 Å². The predicted molar refractivity (Wildman–Crippen MR) is 77.1 cm³/mol. The number of rotatable bonds is 3. The van der Waals surface area contributed by atoms with Crippen LogP contribution in [0, 0.1) is 17.3 Å². The van der Waals surface area contributed by atoms with E-state index in [1.165, 1.54) is 25.7 Å². The normalized spacial score (nSPS) is 37.5. The van der Waals surface area contributed by atoms with E-state index in [9.17, 15) is 9.90 Å². The summed E-state index contributed by atoms with van der Waals surface area (Å²) < 4.78 is 0. The number of hydrogen-bond donors (Lipinski definition) is 1. The molecule has 0 aromatic heterocycles. The fourth-order valence-electron chi connectivity index (χ4n) is 4.11. The topological polar surface area (TPSA) is 40.5 Å². The molecule has 0 amide bonds. The zero-order chi connectivity index (χ0) is 14.0. The van der Waals surface area contributed by atoms with Gasteiger partial charge in [-0.25, -0.2) is 0 Å². The van der Waals surface area contributed by atoms with Crippen LogP contribution in [-0.4, -0.2) is 35.1 Å². The van der Waals surface area contributed by atoms with Crippen molar-refractivity contribution >= 4 is 5.97 Å². The van der Waals surface area contributed by atoms with Gasteiger partial charge in [-0.05, 0) is 51.0 Å². The van der Waals surface area contributed by atoms with Crippen molar-refractivity contribution in [3.8, 4) is 0 Å². The summed E-state index contributed by atoms with van der Waals surface area (Å²) >= 11 is 0. The van der Waals surface area contributed by atoms with E-state index in [2.05, 4.69) is 18.7 Å². The highest BCUT2D eigenvalue weighted by atomic mass is 16.4. The Bertz CT molecular complexity index is 329. The largest absolute Gasteiger partial charge is 0.481 e. The van der Waals surface area contributed by atoms with Crippen LogP contribution in [0.5, 0.6) is 0 Å². The molecule has 0 bridgehead atoms. The number of piperidine rings is 1. The molecule has 0 aromatic rings. The lowest BCUT2D eigenvalue weighted by Crippen LogP contribution is -2.53. The molecule has 2 fully saturated rings. The van der Waals surface area contributed by atoms with Crippen molar-refractivity contribution < 1.29 is 9.90 Å². The molecule has 1 aliphatic heterocycles. The molecular formula is C16H29NO2. The van der Waals surface area contributed by atoms with Crippen LogP contribution >= 0.6 is 0 Å². The highest BCUT2D eigenvalue weighted by molar-refractivity contribution is 5.74. The first kappa shape index (κ1) is 14.8. The fourth-order valence-corrected chi connectivity index (χ4v) is 4.11. The van der Waals surface area contributed by atoms with Gasteiger partial charge in [-0.15, -0.1) is 0 Å². The van der Waals surface area contributed by atoms with Gasteiger partial charge in [-0.1, -0.05) is 26.7 Å². The van der Waals surface area contributed by atoms with Gasteiger partial charge in [0.2, 0.25) is 0 Å². The summed E-state index contributed by atoms with van der Waals surface area (Å²) in [5.41, 5.74) is -0.531. The van der Waals surface area contributed by atoms with Crippen molar-refractivity contribution in [1.29, 1.82) is 0 Å². The van der Waals surface area contributed by atoms with E-state index in [-0.39, 0.29) is 0 Å². The van der Waals surface area contributed by atoms with E-state index in [4.69, 9.17) is 0 Å². The number of carboxylic acids is 1. The number of hydrogen-bond acceptors (Lipinski definition) is 2. The summed E-state index contributed by atoms with van der Waals surface area (Å²) in [7, 11) is 0. The van der Waals surface area contributed by atoms with Gasteiger partial charge < -0.3 is 5.11 Å². The Balaban J connectivity index is 2.09. The third-order valence-electron chi connectivity index (χ3n) is 5.35. The monoisotopic (exact) mass is 267 g/mol. The first-order valence-corrected chi connectivity index (χ1v) is 7.91. The summed E-state index contributed by atoms with van der Waals surface area (Å²) in [6.45, 7) is 8.41. The second kappa shape index (κ2) is 5.82. The second-order valence-electron chi connectivity index (χ2n) is 7.20. The molecule has 3 heteroatoms.